The van der Waals surface area contributed by atoms with Gasteiger partial charge in [-0.25, -0.2) is 0 Å². The van der Waals surface area contributed by atoms with Crippen LogP contribution in [0, 0.1) is 0 Å². The van der Waals surface area contributed by atoms with E-state index in [2.05, 4.69) is 10.6 Å². The Balaban J connectivity index is 1.62. The maximum atomic E-state index is 12.2. The van der Waals surface area contributed by atoms with Gasteiger partial charge in [0.05, 0.1) is 5.69 Å². The van der Waals surface area contributed by atoms with Crippen LogP contribution in [0.1, 0.15) is 15.9 Å². The van der Waals surface area contributed by atoms with Gasteiger partial charge < -0.3 is 10.1 Å². The molecule has 0 aliphatic rings. The van der Waals surface area contributed by atoms with Crippen molar-refractivity contribution in [1.29, 1.82) is 0 Å². The number of hydrogen-bond donors (Lipinski definition) is 2. The summed E-state index contributed by atoms with van der Waals surface area (Å²) in [6, 6.07) is 23.9. The highest BCUT2D eigenvalue weighted by Gasteiger charge is 2.10. The molecule has 136 valence electrons. The fraction of sp³-hybridized carbons (Fsp3) is 0.0476. The molecule has 0 aliphatic carbocycles. The number of hydrogen-bond acceptors (Lipinski definition) is 3. The van der Waals surface area contributed by atoms with E-state index >= 15 is 0 Å². The second kappa shape index (κ2) is 9.16. The highest BCUT2D eigenvalue weighted by Crippen LogP contribution is 2.24. The van der Waals surface area contributed by atoms with Crippen molar-refractivity contribution in [2.24, 2.45) is 0 Å². The molecule has 0 saturated carbocycles. The molecule has 3 aromatic carbocycles. The quantitative estimate of drug-likeness (QED) is 0.593. The second-order valence-electron chi connectivity index (χ2n) is 5.69. The van der Waals surface area contributed by atoms with E-state index in [4.69, 9.17) is 28.6 Å². The van der Waals surface area contributed by atoms with Crippen LogP contribution in [0.2, 0.25) is 5.02 Å². The molecule has 2 N–H and O–H groups in total. The fourth-order valence-corrected chi connectivity index (χ4v) is 2.69. The van der Waals surface area contributed by atoms with Crippen LogP contribution in [0.25, 0.3) is 0 Å². The summed E-state index contributed by atoms with van der Waals surface area (Å²) in [7, 11) is 0. The number of halogens is 1. The molecular weight excluding hydrogens is 380 g/mol. The SMILES string of the molecule is O=C(NC(=S)Nc1ccccc1OCc1ccccc1)c1ccc(Cl)cc1. The molecule has 0 spiro atoms. The molecule has 1 amide bonds. The molecule has 27 heavy (non-hydrogen) atoms. The molecule has 3 rings (SSSR count). The zero-order valence-electron chi connectivity index (χ0n) is 14.3. The summed E-state index contributed by atoms with van der Waals surface area (Å²) < 4.78 is 5.88. The van der Waals surface area contributed by atoms with Crippen LogP contribution < -0.4 is 15.4 Å². The average Bonchev–Trinajstić information content (AvgIpc) is 2.68. The van der Waals surface area contributed by atoms with Gasteiger partial charge in [-0.1, -0.05) is 54.1 Å². The summed E-state index contributed by atoms with van der Waals surface area (Å²) in [4.78, 5) is 12.2. The van der Waals surface area contributed by atoms with Crippen molar-refractivity contribution < 1.29 is 9.53 Å². The molecule has 0 atom stereocenters. The van der Waals surface area contributed by atoms with Crippen molar-refractivity contribution in [3.05, 3.63) is 95.0 Å². The Morgan fingerprint density at radius 2 is 1.59 bits per heavy atom. The van der Waals surface area contributed by atoms with Crippen LogP contribution in [-0.4, -0.2) is 11.0 Å². The van der Waals surface area contributed by atoms with Gasteiger partial charge in [0.15, 0.2) is 5.11 Å². The summed E-state index contributed by atoms with van der Waals surface area (Å²) >= 11 is 11.1. The monoisotopic (exact) mass is 396 g/mol. The number of para-hydroxylation sites is 2. The average molecular weight is 397 g/mol. The first kappa shape index (κ1) is 18.9. The van der Waals surface area contributed by atoms with E-state index < -0.39 is 0 Å². The van der Waals surface area contributed by atoms with Crippen molar-refractivity contribution >= 4 is 40.5 Å². The van der Waals surface area contributed by atoms with Crippen molar-refractivity contribution in [2.75, 3.05) is 5.32 Å². The predicted octanol–water partition coefficient (Wildman–Crippen LogP) is 5.05. The molecule has 4 nitrogen and oxygen atoms in total. The lowest BCUT2D eigenvalue weighted by Gasteiger charge is -2.14. The highest BCUT2D eigenvalue weighted by molar-refractivity contribution is 7.80. The number of benzene rings is 3. The lowest BCUT2D eigenvalue weighted by molar-refractivity contribution is 0.0977. The van der Waals surface area contributed by atoms with Gasteiger partial charge in [0.2, 0.25) is 0 Å². The van der Waals surface area contributed by atoms with Gasteiger partial charge in [-0.15, -0.1) is 0 Å². The normalized spacial score (nSPS) is 10.1. The van der Waals surface area contributed by atoms with Crippen LogP contribution in [0.4, 0.5) is 5.69 Å². The molecule has 3 aromatic rings. The molecule has 0 saturated heterocycles. The Hall–Kier alpha value is -2.89. The standard InChI is InChI=1S/C21H17ClN2O2S/c22-17-12-10-16(11-13-17)20(25)24-21(27)23-18-8-4-5-9-19(18)26-14-15-6-2-1-3-7-15/h1-13H,14H2,(H2,23,24,25,27). The third-order valence-electron chi connectivity index (χ3n) is 3.71. The minimum atomic E-state index is -0.313. The first-order valence-corrected chi connectivity index (χ1v) is 9.04. The van der Waals surface area contributed by atoms with Crippen molar-refractivity contribution in [3.63, 3.8) is 0 Å². The van der Waals surface area contributed by atoms with Gasteiger partial charge >= 0.3 is 0 Å². The van der Waals surface area contributed by atoms with E-state index in [0.717, 1.165) is 5.56 Å². The Bertz CT molecular complexity index is 930. The molecule has 0 unspecified atom stereocenters. The van der Waals surface area contributed by atoms with E-state index in [1.165, 1.54) is 0 Å². The van der Waals surface area contributed by atoms with Gasteiger partial charge in [0, 0.05) is 10.6 Å². The Kier molecular flexibility index (Phi) is 6.41. The molecule has 0 heterocycles. The number of carbonyl (C=O) groups is 1. The third-order valence-corrected chi connectivity index (χ3v) is 4.16. The lowest BCUT2D eigenvalue weighted by atomic mass is 10.2. The molecule has 6 heteroatoms. The highest BCUT2D eigenvalue weighted by atomic mass is 35.5. The summed E-state index contributed by atoms with van der Waals surface area (Å²) in [6.45, 7) is 0.434. The number of carbonyl (C=O) groups excluding carboxylic acids is 1. The zero-order valence-corrected chi connectivity index (χ0v) is 15.9. The molecule has 0 fully saturated rings. The number of nitrogens with one attached hydrogen (secondary N) is 2. The number of amides is 1. The Morgan fingerprint density at radius 1 is 0.926 bits per heavy atom. The van der Waals surface area contributed by atoms with Crippen molar-refractivity contribution in [1.82, 2.24) is 5.32 Å². The summed E-state index contributed by atoms with van der Waals surface area (Å²) in [6.07, 6.45) is 0. The van der Waals surface area contributed by atoms with E-state index in [1.54, 1.807) is 24.3 Å². The lowest BCUT2D eigenvalue weighted by Crippen LogP contribution is -2.34. The largest absolute Gasteiger partial charge is 0.487 e. The van der Waals surface area contributed by atoms with Gasteiger partial charge in [0.25, 0.3) is 5.91 Å². The maximum absolute atomic E-state index is 12.2. The Morgan fingerprint density at radius 3 is 2.33 bits per heavy atom. The molecular formula is C21H17ClN2O2S. The number of anilines is 1. The van der Waals surface area contributed by atoms with Crippen LogP contribution in [-0.2, 0) is 6.61 Å². The maximum Gasteiger partial charge on any atom is 0.257 e. The van der Waals surface area contributed by atoms with E-state index in [1.807, 2.05) is 54.6 Å². The zero-order chi connectivity index (χ0) is 19.1. The number of thiocarbonyl (C=S) groups is 1. The summed E-state index contributed by atoms with van der Waals surface area (Å²) in [5, 5.41) is 6.41. The van der Waals surface area contributed by atoms with Crippen LogP contribution in [0.3, 0.4) is 0 Å². The van der Waals surface area contributed by atoms with E-state index in [-0.39, 0.29) is 11.0 Å². The molecule has 0 aliphatic heterocycles. The van der Waals surface area contributed by atoms with Crippen LogP contribution in [0.5, 0.6) is 5.75 Å². The Labute approximate surface area is 168 Å². The van der Waals surface area contributed by atoms with Gasteiger partial charge in [-0.2, -0.15) is 0 Å². The minimum Gasteiger partial charge on any atom is -0.487 e. The van der Waals surface area contributed by atoms with Crippen molar-refractivity contribution in [3.8, 4) is 5.75 Å². The van der Waals surface area contributed by atoms with E-state index in [0.29, 0.717) is 28.6 Å². The molecule has 0 bridgehead atoms. The van der Waals surface area contributed by atoms with Crippen LogP contribution >= 0.6 is 23.8 Å². The number of rotatable bonds is 5. The fourth-order valence-electron chi connectivity index (χ4n) is 2.36. The predicted molar refractivity (Wildman–Crippen MR) is 112 cm³/mol. The summed E-state index contributed by atoms with van der Waals surface area (Å²) in [5.74, 6) is 0.330. The van der Waals surface area contributed by atoms with E-state index in [9.17, 15) is 4.79 Å². The first-order valence-electron chi connectivity index (χ1n) is 8.25. The van der Waals surface area contributed by atoms with Gasteiger partial charge in [-0.3, -0.25) is 10.1 Å². The van der Waals surface area contributed by atoms with Crippen molar-refractivity contribution in [2.45, 2.75) is 6.61 Å². The smallest absolute Gasteiger partial charge is 0.257 e. The first-order chi connectivity index (χ1) is 13.1. The molecule has 0 radical (unpaired) electrons. The second-order valence-corrected chi connectivity index (χ2v) is 6.53. The minimum absolute atomic E-state index is 0.186. The topological polar surface area (TPSA) is 50.4 Å². The van der Waals surface area contributed by atoms with Crippen LogP contribution in [0.15, 0.2) is 78.9 Å². The number of ether oxygens (including phenoxy) is 1. The third kappa shape index (κ3) is 5.54. The molecule has 0 aromatic heterocycles. The van der Waals surface area contributed by atoms with Gasteiger partial charge in [0.1, 0.15) is 12.4 Å². The summed E-state index contributed by atoms with van der Waals surface area (Å²) in [5.41, 5.74) is 2.21. The van der Waals surface area contributed by atoms with Gasteiger partial charge in [-0.05, 0) is 54.2 Å².